The molecule has 162 valence electrons. The normalized spacial score (nSPS) is 16.5. The largest absolute Gasteiger partial charge is 0.464 e. The summed E-state index contributed by atoms with van der Waals surface area (Å²) in [5.41, 5.74) is 1.32. The molecule has 0 bridgehead atoms. The lowest BCUT2D eigenvalue weighted by Gasteiger charge is -2.22. The Morgan fingerprint density at radius 2 is 1.97 bits per heavy atom. The van der Waals surface area contributed by atoms with Crippen LogP contribution in [0.5, 0.6) is 0 Å². The number of hydrogen-bond donors (Lipinski definition) is 0. The van der Waals surface area contributed by atoms with Crippen LogP contribution in [-0.4, -0.2) is 43.6 Å². The number of esters is 1. The molecule has 0 amide bonds. The van der Waals surface area contributed by atoms with E-state index < -0.39 is 5.97 Å². The van der Waals surface area contributed by atoms with Gasteiger partial charge >= 0.3 is 5.97 Å². The zero-order valence-electron chi connectivity index (χ0n) is 17.5. The molecule has 1 aromatic rings. The lowest BCUT2D eigenvalue weighted by Crippen LogP contribution is -2.22. The average molecular weight is 423 g/mol. The van der Waals surface area contributed by atoms with E-state index >= 15 is 0 Å². The molecule has 0 saturated carbocycles. The van der Waals surface area contributed by atoms with Crippen LogP contribution in [0.4, 0.5) is 0 Å². The Morgan fingerprint density at radius 1 is 1.14 bits per heavy atom. The van der Waals surface area contributed by atoms with Crippen molar-refractivity contribution in [2.24, 2.45) is 0 Å². The van der Waals surface area contributed by atoms with Crippen LogP contribution < -0.4 is 0 Å². The van der Waals surface area contributed by atoms with Gasteiger partial charge in [-0.3, -0.25) is 9.59 Å². The first-order valence-electron chi connectivity index (χ1n) is 10.8. The number of benzene rings is 1. The summed E-state index contributed by atoms with van der Waals surface area (Å²) in [5.74, 6) is 0.223. The third-order valence-electron chi connectivity index (χ3n) is 4.71. The number of rotatable bonds is 14. The molecule has 2 rings (SSSR count). The van der Waals surface area contributed by atoms with Gasteiger partial charge < -0.3 is 14.2 Å². The zero-order chi connectivity index (χ0) is 20.7. The first-order valence-corrected chi connectivity index (χ1v) is 11.8. The van der Waals surface area contributed by atoms with Crippen molar-refractivity contribution in [2.45, 2.75) is 75.9 Å². The highest BCUT2D eigenvalue weighted by atomic mass is 32.2. The maximum absolute atomic E-state index is 11.6. The molecule has 0 radical (unpaired) electrons. The van der Waals surface area contributed by atoms with Gasteiger partial charge in [-0.2, -0.15) is 0 Å². The van der Waals surface area contributed by atoms with E-state index in [4.69, 9.17) is 14.2 Å². The second-order valence-electron chi connectivity index (χ2n) is 7.30. The summed E-state index contributed by atoms with van der Waals surface area (Å²) in [4.78, 5) is 24.1. The third-order valence-corrected chi connectivity index (χ3v) is 5.69. The van der Waals surface area contributed by atoms with Crippen LogP contribution in [0.25, 0.3) is 0 Å². The first-order chi connectivity index (χ1) is 14.2. The Bertz CT molecular complexity index is 596. The van der Waals surface area contributed by atoms with Crippen molar-refractivity contribution >= 4 is 23.5 Å². The number of ketones is 1. The molecule has 29 heavy (non-hydrogen) atoms. The van der Waals surface area contributed by atoms with E-state index in [1.165, 1.54) is 12.0 Å². The molecule has 1 unspecified atom stereocenters. The molecule has 0 aromatic heterocycles. The molecule has 0 spiro atoms. The van der Waals surface area contributed by atoms with Gasteiger partial charge in [0, 0.05) is 30.3 Å². The molecule has 1 heterocycles. The predicted octanol–water partition coefficient (Wildman–Crippen LogP) is 4.95. The summed E-state index contributed by atoms with van der Waals surface area (Å²) >= 11 is 1.65. The van der Waals surface area contributed by atoms with Crippen molar-refractivity contribution < 1.29 is 23.8 Å². The van der Waals surface area contributed by atoms with Crippen LogP contribution in [0.1, 0.15) is 63.9 Å². The van der Waals surface area contributed by atoms with Gasteiger partial charge in [0.15, 0.2) is 6.29 Å². The minimum atomic E-state index is -0.418. The first kappa shape index (κ1) is 23.9. The highest BCUT2D eigenvalue weighted by Crippen LogP contribution is 2.19. The number of unbranched alkanes of at least 4 members (excludes halogenated alkanes) is 1. The molecule has 1 aliphatic heterocycles. The van der Waals surface area contributed by atoms with E-state index in [0.717, 1.165) is 56.6 Å². The lowest BCUT2D eigenvalue weighted by molar-refractivity contribution is -0.162. The van der Waals surface area contributed by atoms with Crippen LogP contribution in [0.3, 0.4) is 0 Å². The lowest BCUT2D eigenvalue weighted by atomic mass is 10.1. The zero-order valence-corrected chi connectivity index (χ0v) is 18.3. The quantitative estimate of drug-likeness (QED) is 0.183. The highest BCUT2D eigenvalue weighted by Gasteiger charge is 2.13. The summed E-state index contributed by atoms with van der Waals surface area (Å²) in [6.07, 6.45) is 7.68. The van der Waals surface area contributed by atoms with Crippen molar-refractivity contribution in [2.75, 3.05) is 25.6 Å². The Labute approximate surface area is 178 Å². The SMILES string of the molecule is CCCC(=O)CC(=O)OCCSc1ccc(CCCCOC2CCCCO2)cc1. The van der Waals surface area contributed by atoms with E-state index in [1.54, 1.807) is 11.8 Å². The van der Waals surface area contributed by atoms with Crippen LogP contribution in [0, 0.1) is 0 Å². The fourth-order valence-electron chi connectivity index (χ4n) is 3.14. The number of carbonyl (C=O) groups is 2. The summed E-state index contributed by atoms with van der Waals surface area (Å²) in [7, 11) is 0. The van der Waals surface area contributed by atoms with Gasteiger partial charge in [-0.15, -0.1) is 11.8 Å². The maximum atomic E-state index is 11.6. The minimum absolute atomic E-state index is 0.0103. The van der Waals surface area contributed by atoms with E-state index in [1.807, 2.05) is 6.92 Å². The Balaban J connectivity index is 1.51. The van der Waals surface area contributed by atoms with Crippen molar-refractivity contribution in [3.8, 4) is 0 Å². The molecule has 5 nitrogen and oxygen atoms in total. The second kappa shape index (κ2) is 14.6. The maximum Gasteiger partial charge on any atom is 0.313 e. The van der Waals surface area contributed by atoms with Crippen LogP contribution in [0.2, 0.25) is 0 Å². The average Bonchev–Trinajstić information content (AvgIpc) is 2.73. The Kier molecular flexibility index (Phi) is 12.0. The van der Waals surface area contributed by atoms with Gasteiger partial charge in [0.25, 0.3) is 0 Å². The topological polar surface area (TPSA) is 61.8 Å². The molecular weight excluding hydrogens is 388 g/mol. The number of aryl methyl sites for hydroxylation is 1. The smallest absolute Gasteiger partial charge is 0.313 e. The van der Waals surface area contributed by atoms with Gasteiger partial charge in [0.1, 0.15) is 18.8 Å². The molecule has 1 aromatic carbocycles. The van der Waals surface area contributed by atoms with Crippen molar-refractivity contribution in [1.82, 2.24) is 0 Å². The van der Waals surface area contributed by atoms with Gasteiger partial charge in [-0.05, 0) is 62.6 Å². The fraction of sp³-hybridized carbons (Fsp3) is 0.652. The van der Waals surface area contributed by atoms with E-state index in [-0.39, 0.29) is 18.5 Å². The monoisotopic (exact) mass is 422 g/mol. The summed E-state index contributed by atoms with van der Waals surface area (Å²) in [6.45, 7) is 3.85. The molecular formula is C23H34O5S. The second-order valence-corrected chi connectivity index (χ2v) is 8.47. The van der Waals surface area contributed by atoms with E-state index in [0.29, 0.717) is 18.8 Å². The van der Waals surface area contributed by atoms with Gasteiger partial charge in [-0.1, -0.05) is 19.1 Å². The van der Waals surface area contributed by atoms with E-state index in [2.05, 4.69) is 24.3 Å². The number of carbonyl (C=O) groups excluding carboxylic acids is 2. The summed E-state index contributed by atoms with van der Waals surface area (Å²) in [6, 6.07) is 8.53. The predicted molar refractivity (Wildman–Crippen MR) is 115 cm³/mol. The standard InChI is InChI=1S/C23H34O5S/c1-2-7-20(24)18-22(25)26-16-17-29-21-12-10-19(11-13-21)8-3-5-14-27-23-9-4-6-15-28-23/h10-13,23H,2-9,14-18H2,1H3. The molecule has 1 atom stereocenters. The number of thioether (sulfide) groups is 1. The molecule has 0 N–H and O–H groups in total. The molecule has 1 saturated heterocycles. The molecule has 1 aliphatic rings. The van der Waals surface area contributed by atoms with Crippen molar-refractivity contribution in [3.63, 3.8) is 0 Å². The molecule has 1 fully saturated rings. The number of Topliss-reactive ketones (excluding diaryl/α,β-unsaturated/α-hetero) is 1. The number of hydrogen-bond acceptors (Lipinski definition) is 6. The Morgan fingerprint density at radius 3 is 2.69 bits per heavy atom. The number of ether oxygens (including phenoxy) is 3. The Hall–Kier alpha value is -1.37. The van der Waals surface area contributed by atoms with Gasteiger partial charge in [0.05, 0.1) is 0 Å². The summed E-state index contributed by atoms with van der Waals surface area (Å²) < 4.78 is 16.5. The third kappa shape index (κ3) is 10.8. The highest BCUT2D eigenvalue weighted by molar-refractivity contribution is 7.99. The minimum Gasteiger partial charge on any atom is -0.464 e. The fourth-order valence-corrected chi connectivity index (χ4v) is 3.87. The van der Waals surface area contributed by atoms with E-state index in [9.17, 15) is 9.59 Å². The van der Waals surface area contributed by atoms with Crippen LogP contribution in [-0.2, 0) is 30.2 Å². The van der Waals surface area contributed by atoms with Gasteiger partial charge in [0.2, 0.25) is 0 Å². The molecule has 0 aliphatic carbocycles. The van der Waals surface area contributed by atoms with Crippen molar-refractivity contribution in [1.29, 1.82) is 0 Å². The van der Waals surface area contributed by atoms with Gasteiger partial charge in [-0.25, -0.2) is 0 Å². The van der Waals surface area contributed by atoms with Crippen LogP contribution >= 0.6 is 11.8 Å². The molecule has 6 heteroatoms. The van der Waals surface area contributed by atoms with Crippen LogP contribution in [0.15, 0.2) is 29.2 Å². The van der Waals surface area contributed by atoms with Crippen molar-refractivity contribution in [3.05, 3.63) is 29.8 Å². The summed E-state index contributed by atoms with van der Waals surface area (Å²) in [5, 5.41) is 0.